The first-order valence-corrected chi connectivity index (χ1v) is 11.9. The van der Waals surface area contributed by atoms with E-state index >= 15 is 0 Å². The summed E-state index contributed by atoms with van der Waals surface area (Å²) >= 11 is 6.30. The van der Waals surface area contributed by atoms with Crippen LogP contribution in [-0.2, 0) is 9.59 Å². The van der Waals surface area contributed by atoms with Crippen LogP contribution in [0.5, 0.6) is 11.5 Å². The highest BCUT2D eigenvalue weighted by Crippen LogP contribution is 2.34. The molecule has 0 aromatic heterocycles. The van der Waals surface area contributed by atoms with E-state index in [9.17, 15) is 14.4 Å². The first kappa shape index (κ1) is 24.1. The molecular formula is C29H21ClN2O5. The second-order valence-electron chi connectivity index (χ2n) is 8.10. The van der Waals surface area contributed by atoms with Crippen molar-refractivity contribution in [2.45, 2.75) is 6.92 Å². The van der Waals surface area contributed by atoms with Crippen LogP contribution in [0.2, 0.25) is 0 Å². The minimum atomic E-state index is -0.612. The molecule has 4 aromatic rings. The fraction of sp³-hybridized carbons (Fsp3) is 0.0690. The van der Waals surface area contributed by atoms with Gasteiger partial charge >= 0.3 is 5.97 Å². The number of nitrogens with zero attached hydrogens (tertiary/aromatic N) is 1. The van der Waals surface area contributed by atoms with Crippen LogP contribution in [0.1, 0.15) is 17.3 Å². The first-order valence-electron chi connectivity index (χ1n) is 11.6. The van der Waals surface area contributed by atoms with E-state index in [1.54, 1.807) is 60.7 Å². The molecule has 0 radical (unpaired) electrons. The number of amides is 2. The smallest absolute Gasteiger partial charge is 0.343 e. The van der Waals surface area contributed by atoms with Crippen molar-refractivity contribution in [3.63, 3.8) is 0 Å². The Labute approximate surface area is 217 Å². The third-order valence-electron chi connectivity index (χ3n) is 5.78. The van der Waals surface area contributed by atoms with Crippen LogP contribution in [0, 0.1) is 0 Å². The molecule has 0 saturated heterocycles. The maximum atomic E-state index is 13.3. The Hall–Kier alpha value is -4.62. The largest absolute Gasteiger partial charge is 0.490 e. The van der Waals surface area contributed by atoms with E-state index < -0.39 is 17.8 Å². The molecule has 0 atom stereocenters. The molecule has 184 valence electrons. The third kappa shape index (κ3) is 4.64. The lowest BCUT2D eigenvalue weighted by molar-refractivity contribution is -0.120. The molecule has 2 amide bonds. The molecule has 1 aliphatic heterocycles. The Morgan fingerprint density at radius 2 is 1.51 bits per heavy atom. The van der Waals surface area contributed by atoms with Gasteiger partial charge in [-0.25, -0.2) is 9.69 Å². The van der Waals surface area contributed by atoms with E-state index in [0.29, 0.717) is 35.0 Å². The van der Waals surface area contributed by atoms with E-state index in [-0.39, 0.29) is 10.7 Å². The normalized spacial score (nSPS) is 13.3. The Kier molecular flexibility index (Phi) is 6.62. The van der Waals surface area contributed by atoms with Crippen LogP contribution >= 0.6 is 11.6 Å². The standard InChI is InChI=1S/C29H21ClN2O5/c1-2-36-23-12-5-6-13-24(23)37-29(35)19-14-16-20(17-15-19)31-26-25(30)27(33)32(28(26)34)22-11-7-9-18-8-3-4-10-21(18)22/h3-17,31H,2H2,1H3. The number of carbonyl (C=O) groups is 3. The van der Waals surface area contributed by atoms with Crippen molar-refractivity contribution >= 4 is 51.5 Å². The van der Waals surface area contributed by atoms with Gasteiger partial charge in [0.05, 0.1) is 17.9 Å². The minimum Gasteiger partial charge on any atom is -0.490 e. The lowest BCUT2D eigenvalue weighted by Crippen LogP contribution is -2.32. The van der Waals surface area contributed by atoms with E-state index in [0.717, 1.165) is 15.7 Å². The molecule has 4 aromatic carbocycles. The number of para-hydroxylation sites is 2. The van der Waals surface area contributed by atoms with Crippen molar-refractivity contribution < 1.29 is 23.9 Å². The van der Waals surface area contributed by atoms with Gasteiger partial charge in [0.1, 0.15) is 10.7 Å². The Bertz CT molecular complexity index is 1560. The number of nitrogens with one attached hydrogen (secondary N) is 1. The number of rotatable bonds is 7. The minimum absolute atomic E-state index is 0.0411. The predicted octanol–water partition coefficient (Wildman–Crippen LogP) is 5.89. The van der Waals surface area contributed by atoms with Crippen LogP contribution in [0.4, 0.5) is 11.4 Å². The van der Waals surface area contributed by atoms with Crippen LogP contribution < -0.4 is 19.7 Å². The number of imide groups is 1. The van der Waals surface area contributed by atoms with Gasteiger partial charge in [0.15, 0.2) is 11.5 Å². The Morgan fingerprint density at radius 3 is 2.27 bits per heavy atom. The van der Waals surface area contributed by atoms with Crippen molar-refractivity contribution in [1.82, 2.24) is 0 Å². The summed E-state index contributed by atoms with van der Waals surface area (Å²) in [5, 5.41) is 4.36. The summed E-state index contributed by atoms with van der Waals surface area (Å²) in [5.41, 5.74) is 1.18. The van der Waals surface area contributed by atoms with Gasteiger partial charge in [0, 0.05) is 11.1 Å². The number of hydrogen-bond acceptors (Lipinski definition) is 6. The van der Waals surface area contributed by atoms with E-state index in [1.165, 1.54) is 0 Å². The summed E-state index contributed by atoms with van der Waals surface area (Å²) in [6, 6.07) is 26.1. The summed E-state index contributed by atoms with van der Waals surface area (Å²) in [6.45, 7) is 2.28. The lowest BCUT2D eigenvalue weighted by atomic mass is 10.1. The van der Waals surface area contributed by atoms with Gasteiger partial charge < -0.3 is 14.8 Å². The summed E-state index contributed by atoms with van der Waals surface area (Å²) in [7, 11) is 0. The van der Waals surface area contributed by atoms with E-state index in [2.05, 4.69) is 5.32 Å². The van der Waals surface area contributed by atoms with Gasteiger partial charge in [-0.05, 0) is 54.8 Å². The zero-order valence-corrected chi connectivity index (χ0v) is 20.5. The molecule has 0 unspecified atom stereocenters. The molecule has 1 heterocycles. The maximum Gasteiger partial charge on any atom is 0.343 e. The molecule has 0 aliphatic carbocycles. The second-order valence-corrected chi connectivity index (χ2v) is 8.48. The molecule has 7 nitrogen and oxygen atoms in total. The average molecular weight is 513 g/mol. The fourth-order valence-corrected chi connectivity index (χ4v) is 4.25. The zero-order chi connectivity index (χ0) is 25.9. The maximum absolute atomic E-state index is 13.3. The van der Waals surface area contributed by atoms with Crippen LogP contribution in [0.15, 0.2) is 102 Å². The highest BCUT2D eigenvalue weighted by Gasteiger charge is 2.39. The van der Waals surface area contributed by atoms with Crippen LogP contribution in [0.25, 0.3) is 10.8 Å². The topological polar surface area (TPSA) is 84.9 Å². The number of fused-ring (bicyclic) bond motifs is 1. The summed E-state index contributed by atoms with van der Waals surface area (Å²) in [4.78, 5) is 39.9. The monoisotopic (exact) mass is 512 g/mol. The molecule has 1 N–H and O–H groups in total. The number of ether oxygens (including phenoxy) is 2. The number of halogens is 1. The molecule has 37 heavy (non-hydrogen) atoms. The molecule has 0 spiro atoms. The van der Waals surface area contributed by atoms with Gasteiger partial charge in [-0.2, -0.15) is 0 Å². The first-order chi connectivity index (χ1) is 18.0. The Morgan fingerprint density at radius 1 is 0.838 bits per heavy atom. The fourth-order valence-electron chi connectivity index (χ4n) is 4.04. The quantitative estimate of drug-likeness (QED) is 0.189. The van der Waals surface area contributed by atoms with Crippen molar-refractivity contribution in [3.05, 3.63) is 107 Å². The number of anilines is 2. The summed E-state index contributed by atoms with van der Waals surface area (Å²) < 4.78 is 11.0. The summed E-state index contributed by atoms with van der Waals surface area (Å²) in [5.74, 6) is -0.957. The molecule has 0 fully saturated rings. The molecule has 5 rings (SSSR count). The number of carbonyl (C=O) groups excluding carboxylic acids is 3. The van der Waals surface area contributed by atoms with Crippen molar-refractivity contribution in [3.8, 4) is 11.5 Å². The predicted molar refractivity (Wildman–Crippen MR) is 142 cm³/mol. The van der Waals surface area contributed by atoms with E-state index in [1.807, 2.05) is 37.3 Å². The van der Waals surface area contributed by atoms with Gasteiger partial charge in [-0.1, -0.05) is 60.1 Å². The van der Waals surface area contributed by atoms with Crippen molar-refractivity contribution in [2.75, 3.05) is 16.8 Å². The van der Waals surface area contributed by atoms with Crippen molar-refractivity contribution in [2.24, 2.45) is 0 Å². The molecule has 8 heteroatoms. The third-order valence-corrected chi connectivity index (χ3v) is 6.13. The number of esters is 1. The highest BCUT2D eigenvalue weighted by atomic mass is 35.5. The molecule has 0 bridgehead atoms. The van der Waals surface area contributed by atoms with Gasteiger partial charge in [0.25, 0.3) is 11.8 Å². The van der Waals surface area contributed by atoms with Gasteiger partial charge in [-0.3, -0.25) is 9.59 Å². The number of benzene rings is 4. The molecular weight excluding hydrogens is 492 g/mol. The van der Waals surface area contributed by atoms with Gasteiger partial charge in [0.2, 0.25) is 0 Å². The van der Waals surface area contributed by atoms with Crippen molar-refractivity contribution in [1.29, 1.82) is 0 Å². The molecule has 0 saturated carbocycles. The highest BCUT2D eigenvalue weighted by molar-refractivity contribution is 6.53. The van der Waals surface area contributed by atoms with Gasteiger partial charge in [-0.15, -0.1) is 0 Å². The average Bonchev–Trinajstić information content (AvgIpc) is 3.13. The van der Waals surface area contributed by atoms with E-state index in [4.69, 9.17) is 21.1 Å². The summed E-state index contributed by atoms with van der Waals surface area (Å²) in [6.07, 6.45) is 0. The van der Waals surface area contributed by atoms with Crippen LogP contribution in [0.3, 0.4) is 0 Å². The SMILES string of the molecule is CCOc1ccccc1OC(=O)c1ccc(NC2=C(Cl)C(=O)N(c3cccc4ccccc34)C2=O)cc1. The van der Waals surface area contributed by atoms with Crippen LogP contribution in [-0.4, -0.2) is 24.4 Å². The Balaban J connectivity index is 1.33. The number of hydrogen-bond donors (Lipinski definition) is 1. The molecule has 1 aliphatic rings. The zero-order valence-electron chi connectivity index (χ0n) is 19.7. The second kappa shape index (κ2) is 10.2. The lowest BCUT2D eigenvalue weighted by Gasteiger charge is -2.17.